The molecular formula is C15H15N5O. The molecule has 2 N–H and O–H groups in total. The summed E-state index contributed by atoms with van der Waals surface area (Å²) in [6.45, 7) is 4.07. The summed E-state index contributed by atoms with van der Waals surface area (Å²) >= 11 is 0. The van der Waals surface area contributed by atoms with E-state index in [0.29, 0.717) is 23.9 Å². The quantitative estimate of drug-likeness (QED) is 0.702. The van der Waals surface area contributed by atoms with Crippen LogP contribution < -0.4 is 10.6 Å². The summed E-state index contributed by atoms with van der Waals surface area (Å²) < 4.78 is 5.75. The first-order valence-electron chi connectivity index (χ1n) is 6.52. The molecule has 0 unspecified atom stereocenters. The molecule has 3 rings (SSSR count). The Bertz CT molecular complexity index is 748. The number of aliphatic imine (C=N–C) groups is 1. The summed E-state index contributed by atoms with van der Waals surface area (Å²) in [4.78, 5) is 12.3. The minimum Gasteiger partial charge on any atom is -0.459 e. The highest BCUT2D eigenvalue weighted by Gasteiger charge is 2.09. The Morgan fingerprint density at radius 3 is 2.81 bits per heavy atom. The molecule has 0 saturated heterocycles. The smallest absolute Gasteiger partial charge is 0.157 e. The van der Waals surface area contributed by atoms with Gasteiger partial charge >= 0.3 is 0 Å². The molecule has 6 nitrogen and oxygen atoms in total. The number of hydrogen-bond acceptors (Lipinski definition) is 6. The number of nitrogens with one attached hydrogen (secondary N) is 2. The van der Waals surface area contributed by atoms with E-state index in [-0.39, 0.29) is 0 Å². The van der Waals surface area contributed by atoms with Crippen LogP contribution in [0.5, 0.6) is 0 Å². The lowest BCUT2D eigenvalue weighted by atomic mass is 10.2. The number of aromatic nitrogens is 2. The van der Waals surface area contributed by atoms with E-state index >= 15 is 0 Å². The van der Waals surface area contributed by atoms with Crippen molar-refractivity contribution in [2.75, 3.05) is 17.7 Å². The van der Waals surface area contributed by atoms with E-state index in [0.717, 1.165) is 16.7 Å². The number of rotatable bonds is 5. The number of para-hydroxylation sites is 1. The van der Waals surface area contributed by atoms with E-state index in [4.69, 9.17) is 4.42 Å². The SMILES string of the molecule is C=Nc1c(NC)ncnc1NCc1cc2ccccc2o1. The van der Waals surface area contributed by atoms with Gasteiger partial charge in [0, 0.05) is 12.4 Å². The number of hydrogen-bond donors (Lipinski definition) is 2. The third-order valence-corrected chi connectivity index (χ3v) is 3.12. The molecule has 2 heterocycles. The molecule has 21 heavy (non-hydrogen) atoms. The molecule has 0 fully saturated rings. The minimum atomic E-state index is 0.511. The van der Waals surface area contributed by atoms with Gasteiger partial charge in [0.25, 0.3) is 0 Å². The second-order valence-corrected chi connectivity index (χ2v) is 4.43. The summed E-state index contributed by atoms with van der Waals surface area (Å²) in [6, 6.07) is 9.90. The Hall–Kier alpha value is -2.89. The topological polar surface area (TPSA) is 75.3 Å². The molecule has 3 aromatic rings. The minimum absolute atomic E-state index is 0.511. The maximum absolute atomic E-state index is 5.75. The van der Waals surface area contributed by atoms with Crippen molar-refractivity contribution in [1.29, 1.82) is 0 Å². The van der Waals surface area contributed by atoms with E-state index in [1.54, 1.807) is 7.05 Å². The molecule has 0 aliphatic heterocycles. The average molecular weight is 281 g/mol. The fourth-order valence-corrected chi connectivity index (χ4v) is 2.14. The van der Waals surface area contributed by atoms with Gasteiger partial charge in [-0.1, -0.05) is 18.2 Å². The lowest BCUT2D eigenvalue weighted by Gasteiger charge is -2.09. The highest BCUT2D eigenvalue weighted by atomic mass is 16.3. The van der Waals surface area contributed by atoms with Crippen LogP contribution in [0.15, 0.2) is 46.1 Å². The normalized spacial score (nSPS) is 10.5. The predicted octanol–water partition coefficient (Wildman–Crippen LogP) is 3.21. The van der Waals surface area contributed by atoms with E-state index in [1.165, 1.54) is 6.33 Å². The van der Waals surface area contributed by atoms with Crippen molar-refractivity contribution in [2.45, 2.75) is 6.54 Å². The maximum atomic E-state index is 5.75. The molecular weight excluding hydrogens is 266 g/mol. The molecule has 0 aliphatic carbocycles. The summed E-state index contributed by atoms with van der Waals surface area (Å²) in [5.74, 6) is 2.08. The molecule has 0 spiro atoms. The zero-order valence-corrected chi connectivity index (χ0v) is 11.6. The van der Waals surface area contributed by atoms with E-state index in [9.17, 15) is 0 Å². The van der Waals surface area contributed by atoms with Crippen LogP contribution in [0.1, 0.15) is 5.76 Å². The van der Waals surface area contributed by atoms with Crippen LogP contribution in [0, 0.1) is 0 Å². The number of benzene rings is 1. The summed E-state index contributed by atoms with van der Waals surface area (Å²) in [5, 5.41) is 7.23. The van der Waals surface area contributed by atoms with Crippen molar-refractivity contribution in [3.05, 3.63) is 42.4 Å². The zero-order chi connectivity index (χ0) is 14.7. The van der Waals surface area contributed by atoms with Crippen LogP contribution in [0.2, 0.25) is 0 Å². The van der Waals surface area contributed by atoms with Crippen molar-refractivity contribution in [3.8, 4) is 0 Å². The Labute approximate surface area is 121 Å². The van der Waals surface area contributed by atoms with E-state index < -0.39 is 0 Å². The highest BCUT2D eigenvalue weighted by molar-refractivity contribution is 5.78. The standard InChI is InChI=1S/C15H15N5O/c1-16-13-14(17-2)19-9-20-15(13)18-8-11-7-10-5-3-4-6-12(10)21-11/h3-7,9H,1,8H2,2H3,(H2,17,18,19,20). The van der Waals surface area contributed by atoms with Crippen LogP contribution >= 0.6 is 0 Å². The lowest BCUT2D eigenvalue weighted by Crippen LogP contribution is -2.03. The number of nitrogens with zero attached hydrogens (tertiary/aromatic N) is 3. The Morgan fingerprint density at radius 2 is 2.05 bits per heavy atom. The number of fused-ring (bicyclic) bond motifs is 1. The van der Waals surface area contributed by atoms with Gasteiger partial charge in [-0.05, 0) is 18.9 Å². The summed E-state index contributed by atoms with van der Waals surface area (Å²) in [5.41, 5.74) is 1.46. The summed E-state index contributed by atoms with van der Waals surface area (Å²) in [7, 11) is 1.78. The first kappa shape index (κ1) is 13.1. The molecule has 0 bridgehead atoms. The van der Waals surface area contributed by atoms with Crippen LogP contribution in [0.25, 0.3) is 11.0 Å². The third-order valence-electron chi connectivity index (χ3n) is 3.12. The van der Waals surface area contributed by atoms with Gasteiger partial charge in [0.2, 0.25) is 0 Å². The molecule has 0 atom stereocenters. The monoisotopic (exact) mass is 281 g/mol. The number of furan rings is 1. The molecule has 106 valence electrons. The van der Waals surface area contributed by atoms with E-state index in [1.807, 2.05) is 30.3 Å². The summed E-state index contributed by atoms with van der Waals surface area (Å²) in [6.07, 6.45) is 1.47. The predicted molar refractivity (Wildman–Crippen MR) is 84.3 cm³/mol. The van der Waals surface area contributed by atoms with Crippen LogP contribution in [0.3, 0.4) is 0 Å². The van der Waals surface area contributed by atoms with Crippen molar-refractivity contribution in [1.82, 2.24) is 9.97 Å². The molecule has 0 amide bonds. The third kappa shape index (κ3) is 2.55. The molecule has 6 heteroatoms. The maximum Gasteiger partial charge on any atom is 0.157 e. The second-order valence-electron chi connectivity index (χ2n) is 4.43. The van der Waals surface area contributed by atoms with Crippen molar-refractivity contribution < 1.29 is 4.42 Å². The van der Waals surface area contributed by atoms with Gasteiger partial charge in [0.1, 0.15) is 23.4 Å². The van der Waals surface area contributed by atoms with Gasteiger partial charge in [-0.2, -0.15) is 0 Å². The van der Waals surface area contributed by atoms with Gasteiger partial charge in [0.15, 0.2) is 11.6 Å². The highest BCUT2D eigenvalue weighted by Crippen LogP contribution is 2.29. The molecule has 1 aromatic carbocycles. The Balaban J connectivity index is 1.82. The average Bonchev–Trinajstić information content (AvgIpc) is 2.95. The van der Waals surface area contributed by atoms with Gasteiger partial charge < -0.3 is 15.1 Å². The van der Waals surface area contributed by atoms with Crippen molar-refractivity contribution in [3.63, 3.8) is 0 Å². The van der Waals surface area contributed by atoms with Gasteiger partial charge in [-0.15, -0.1) is 0 Å². The fourth-order valence-electron chi connectivity index (χ4n) is 2.14. The van der Waals surface area contributed by atoms with Crippen molar-refractivity contribution in [2.24, 2.45) is 4.99 Å². The Morgan fingerprint density at radius 1 is 1.24 bits per heavy atom. The lowest BCUT2D eigenvalue weighted by molar-refractivity contribution is 0.559. The Kier molecular flexibility index (Phi) is 3.51. The second kappa shape index (κ2) is 5.62. The van der Waals surface area contributed by atoms with Gasteiger partial charge in [-0.25, -0.2) is 9.97 Å². The van der Waals surface area contributed by atoms with Gasteiger partial charge in [0.05, 0.1) is 6.54 Å². The first-order valence-corrected chi connectivity index (χ1v) is 6.52. The van der Waals surface area contributed by atoms with Crippen LogP contribution in [0.4, 0.5) is 17.3 Å². The van der Waals surface area contributed by atoms with Crippen molar-refractivity contribution >= 4 is 35.0 Å². The van der Waals surface area contributed by atoms with E-state index in [2.05, 4.69) is 32.3 Å². The first-order chi connectivity index (χ1) is 10.3. The molecule has 0 aliphatic rings. The van der Waals surface area contributed by atoms with Crippen LogP contribution in [-0.4, -0.2) is 23.7 Å². The number of anilines is 2. The fraction of sp³-hybridized carbons (Fsp3) is 0.133. The largest absolute Gasteiger partial charge is 0.459 e. The zero-order valence-electron chi connectivity index (χ0n) is 11.6. The molecule has 0 saturated carbocycles. The molecule has 0 radical (unpaired) electrons. The molecule has 2 aromatic heterocycles. The van der Waals surface area contributed by atoms with Gasteiger partial charge in [-0.3, -0.25) is 4.99 Å². The van der Waals surface area contributed by atoms with Crippen LogP contribution in [-0.2, 0) is 6.54 Å².